The van der Waals surface area contributed by atoms with E-state index in [4.69, 9.17) is 9.47 Å². The molecule has 21 heavy (non-hydrogen) atoms. The number of carbonyl (C=O) groups is 1. The van der Waals surface area contributed by atoms with E-state index >= 15 is 0 Å². The molecule has 0 aromatic rings. The zero-order valence-electron chi connectivity index (χ0n) is 12.9. The second kappa shape index (κ2) is 4.58. The van der Waals surface area contributed by atoms with Gasteiger partial charge in [-0.15, -0.1) is 0 Å². The highest BCUT2D eigenvalue weighted by Crippen LogP contribution is 2.67. The van der Waals surface area contributed by atoms with Crippen LogP contribution in [0.2, 0.25) is 0 Å². The number of rotatable bonds is 4. The molecule has 0 aliphatic heterocycles. The topological polar surface area (TPSA) is 59.3 Å². The smallest absolute Gasteiger partial charge is 0.333 e. The lowest BCUT2D eigenvalue weighted by Crippen LogP contribution is -2.62. The molecule has 0 radical (unpaired) electrons. The number of nitrogens with zero attached hydrogens (tertiary/aromatic N) is 1. The number of carbonyl (C=O) groups excluding carboxylic acids is 1. The van der Waals surface area contributed by atoms with Crippen molar-refractivity contribution in [2.45, 2.75) is 51.0 Å². The predicted octanol–water partition coefficient (Wildman–Crippen LogP) is 2.98. The lowest BCUT2D eigenvalue weighted by Gasteiger charge is -2.63. The van der Waals surface area contributed by atoms with E-state index < -0.39 is 5.60 Å². The molecule has 4 fully saturated rings. The molecule has 4 rings (SSSR count). The summed E-state index contributed by atoms with van der Waals surface area (Å²) in [5.41, 5.74) is -0.395. The van der Waals surface area contributed by atoms with E-state index in [0.717, 1.165) is 32.1 Å². The normalized spacial score (nSPS) is 43.4. The molecule has 4 aliphatic rings. The number of methoxy groups -OCH3 is 1. The van der Waals surface area contributed by atoms with Gasteiger partial charge in [0.2, 0.25) is 0 Å². The van der Waals surface area contributed by atoms with Crippen molar-refractivity contribution in [1.29, 1.82) is 5.26 Å². The van der Waals surface area contributed by atoms with Crippen LogP contribution in [0.25, 0.3) is 0 Å². The van der Waals surface area contributed by atoms with E-state index in [1.807, 2.05) is 0 Å². The maximum atomic E-state index is 12.0. The number of hydrogen-bond donors (Lipinski definition) is 0. The number of nitriles is 1. The van der Waals surface area contributed by atoms with Crippen LogP contribution in [-0.4, -0.2) is 25.3 Å². The summed E-state index contributed by atoms with van der Waals surface area (Å²) in [5, 5.41) is 9.72. The Kier molecular flexibility index (Phi) is 3.18. The summed E-state index contributed by atoms with van der Waals surface area (Å²) in [6.45, 7) is 6.01. The van der Waals surface area contributed by atoms with Crippen LogP contribution in [-0.2, 0) is 14.3 Å². The molecule has 0 aromatic heterocycles. The van der Waals surface area contributed by atoms with Crippen LogP contribution in [0.1, 0.15) is 45.4 Å². The van der Waals surface area contributed by atoms with Gasteiger partial charge < -0.3 is 9.47 Å². The van der Waals surface area contributed by atoms with Crippen LogP contribution in [0, 0.1) is 28.1 Å². The Hall–Kier alpha value is -1.34. The van der Waals surface area contributed by atoms with Crippen molar-refractivity contribution in [3.63, 3.8) is 0 Å². The summed E-state index contributed by atoms with van der Waals surface area (Å²) in [4.78, 5) is 12.0. The maximum Gasteiger partial charge on any atom is 0.333 e. The lowest BCUT2D eigenvalue weighted by molar-refractivity contribution is -0.217. The third-order valence-corrected chi connectivity index (χ3v) is 5.48. The average Bonchev–Trinajstić information content (AvgIpc) is 2.36. The van der Waals surface area contributed by atoms with E-state index in [9.17, 15) is 10.1 Å². The monoisotopic (exact) mass is 289 g/mol. The molecular formula is C17H23NO3. The van der Waals surface area contributed by atoms with Gasteiger partial charge in [0.05, 0.1) is 18.1 Å². The summed E-state index contributed by atoms with van der Waals surface area (Å²) < 4.78 is 11.3. The van der Waals surface area contributed by atoms with E-state index in [1.54, 1.807) is 14.0 Å². The van der Waals surface area contributed by atoms with Gasteiger partial charge in [-0.1, -0.05) is 6.58 Å². The highest BCUT2D eigenvalue weighted by molar-refractivity contribution is 5.87. The fraction of sp³-hybridized carbons (Fsp3) is 0.765. The molecule has 0 aromatic carbocycles. The van der Waals surface area contributed by atoms with Crippen molar-refractivity contribution < 1.29 is 14.3 Å². The molecule has 0 heterocycles. The molecule has 0 spiro atoms. The first kappa shape index (κ1) is 14.6. The lowest BCUT2D eigenvalue weighted by atomic mass is 9.43. The third-order valence-electron chi connectivity index (χ3n) is 5.48. The van der Waals surface area contributed by atoms with Gasteiger partial charge in [0.1, 0.15) is 5.60 Å². The molecule has 0 N–H and O–H groups in total. The highest BCUT2D eigenvalue weighted by atomic mass is 16.6. The van der Waals surface area contributed by atoms with Crippen LogP contribution in [0.15, 0.2) is 12.2 Å². The minimum absolute atomic E-state index is 0.000743. The molecule has 4 unspecified atom stereocenters. The first-order valence-electron chi connectivity index (χ1n) is 7.65. The van der Waals surface area contributed by atoms with Crippen LogP contribution >= 0.6 is 0 Å². The van der Waals surface area contributed by atoms with Gasteiger partial charge in [0, 0.05) is 19.1 Å². The van der Waals surface area contributed by atoms with Crippen molar-refractivity contribution in [1.82, 2.24) is 0 Å². The van der Waals surface area contributed by atoms with Gasteiger partial charge in [0.25, 0.3) is 0 Å². The molecule has 4 bridgehead atoms. The molecule has 114 valence electrons. The standard InChI is InChI=1S/C17H23NO3/c1-12(2)14(19)21-17-6-13-4-15(8-17,10-18)7-16(5-13,9-17)11-20-3/h13H,1,4-9,11H2,2-3H3. The molecule has 4 nitrogen and oxygen atoms in total. The first-order valence-corrected chi connectivity index (χ1v) is 7.65. The summed E-state index contributed by atoms with van der Waals surface area (Å²) in [7, 11) is 1.71. The molecule has 4 saturated carbocycles. The van der Waals surface area contributed by atoms with Gasteiger partial charge in [-0.2, -0.15) is 5.26 Å². The van der Waals surface area contributed by atoms with Gasteiger partial charge in [-0.25, -0.2) is 4.79 Å². The van der Waals surface area contributed by atoms with E-state index in [-0.39, 0.29) is 16.8 Å². The van der Waals surface area contributed by atoms with Crippen LogP contribution < -0.4 is 0 Å². The number of esters is 1. The fourth-order valence-electron chi connectivity index (χ4n) is 5.54. The number of ether oxygens (including phenoxy) is 2. The van der Waals surface area contributed by atoms with Crippen molar-refractivity contribution >= 4 is 5.97 Å². The molecule has 0 amide bonds. The Bertz CT molecular complexity index is 537. The van der Waals surface area contributed by atoms with E-state index in [0.29, 0.717) is 24.5 Å². The van der Waals surface area contributed by atoms with Gasteiger partial charge in [-0.05, 0) is 50.4 Å². The van der Waals surface area contributed by atoms with Crippen molar-refractivity contribution in [2.75, 3.05) is 13.7 Å². The molecule has 0 saturated heterocycles. The van der Waals surface area contributed by atoms with E-state index in [2.05, 4.69) is 12.6 Å². The third kappa shape index (κ3) is 2.28. The summed E-state index contributed by atoms with van der Waals surface area (Å²) in [5.74, 6) is 0.145. The van der Waals surface area contributed by atoms with Gasteiger partial charge in [0.15, 0.2) is 0 Å². The van der Waals surface area contributed by atoms with E-state index in [1.165, 1.54) is 0 Å². The summed E-state index contributed by atoms with van der Waals surface area (Å²) in [6, 6.07) is 2.55. The summed E-state index contributed by atoms with van der Waals surface area (Å²) in [6.07, 6.45) is 5.32. The largest absolute Gasteiger partial charge is 0.456 e. The molecule has 4 atom stereocenters. The molecule has 4 heteroatoms. The molecule has 4 aliphatic carbocycles. The first-order chi connectivity index (χ1) is 9.86. The van der Waals surface area contributed by atoms with Crippen LogP contribution in [0.5, 0.6) is 0 Å². The average molecular weight is 289 g/mol. The quantitative estimate of drug-likeness (QED) is 0.589. The Morgan fingerprint density at radius 1 is 1.33 bits per heavy atom. The number of hydrogen-bond acceptors (Lipinski definition) is 4. The zero-order chi connectivity index (χ0) is 15.3. The summed E-state index contributed by atoms with van der Waals surface area (Å²) >= 11 is 0. The Labute approximate surface area is 126 Å². The minimum atomic E-state index is -0.482. The van der Waals surface area contributed by atoms with Gasteiger partial charge >= 0.3 is 5.97 Å². The SMILES string of the molecule is C=C(C)C(=O)OC12CC3CC(C#N)(CC(COC)(C3)C1)C2. The Morgan fingerprint density at radius 2 is 2.10 bits per heavy atom. The maximum absolute atomic E-state index is 12.0. The molecular weight excluding hydrogens is 266 g/mol. The minimum Gasteiger partial charge on any atom is -0.456 e. The highest BCUT2D eigenvalue weighted by Gasteiger charge is 2.65. The zero-order valence-corrected chi connectivity index (χ0v) is 12.9. The van der Waals surface area contributed by atoms with Crippen LogP contribution in [0.4, 0.5) is 0 Å². The Balaban J connectivity index is 1.94. The van der Waals surface area contributed by atoms with Crippen molar-refractivity contribution in [3.8, 4) is 6.07 Å². The second-order valence-electron chi connectivity index (χ2n) is 7.69. The second-order valence-corrected chi connectivity index (χ2v) is 7.69. The fourth-order valence-corrected chi connectivity index (χ4v) is 5.54. The predicted molar refractivity (Wildman–Crippen MR) is 77.2 cm³/mol. The van der Waals surface area contributed by atoms with Gasteiger partial charge in [-0.3, -0.25) is 0 Å². The van der Waals surface area contributed by atoms with Crippen molar-refractivity contribution in [3.05, 3.63) is 12.2 Å². The van der Waals surface area contributed by atoms with Crippen molar-refractivity contribution in [2.24, 2.45) is 16.7 Å². The van der Waals surface area contributed by atoms with Crippen LogP contribution in [0.3, 0.4) is 0 Å². The Morgan fingerprint density at radius 3 is 2.71 bits per heavy atom.